The highest BCUT2D eigenvalue weighted by atomic mass is 16.7. The molecule has 0 bridgehead atoms. The smallest absolute Gasteiger partial charge is 0.220 e. The number of amides is 1. The molecule has 0 aliphatic carbocycles. The number of rotatable bonds is 40. The third-order valence-corrected chi connectivity index (χ3v) is 11.7. The standard InChI is InChI=1S/C46H91NO8/c1-3-5-7-9-11-13-15-17-18-19-20-21-22-23-24-25-27-29-31-33-35-40(49)39(38-54-46-45(53)44(52)43(51)41(37-48)55-46)47-42(50)36-34-32-30-28-26-16-14-12-10-8-6-4-2/h39-41,43-46,48-49,51-53H,3-38H2,1-2H3,(H,47,50). The minimum atomic E-state index is -1.55. The SMILES string of the molecule is CCCCCCCCCCCCCCCCCCCCCCC(O)C(COC1OC(CO)C(O)C(O)C1O)NC(=O)CCCCCCCCCCCCCC. The van der Waals surface area contributed by atoms with Crippen molar-refractivity contribution in [2.24, 2.45) is 0 Å². The molecular weight excluding hydrogens is 695 g/mol. The summed E-state index contributed by atoms with van der Waals surface area (Å²) in [5.74, 6) is -0.142. The van der Waals surface area contributed by atoms with Gasteiger partial charge >= 0.3 is 0 Å². The summed E-state index contributed by atoms with van der Waals surface area (Å²) in [7, 11) is 0. The van der Waals surface area contributed by atoms with E-state index in [4.69, 9.17) is 9.47 Å². The van der Waals surface area contributed by atoms with E-state index in [1.54, 1.807) is 0 Å². The topological polar surface area (TPSA) is 149 Å². The Bertz CT molecular complexity index is 832. The number of unbranched alkanes of at least 4 members (excludes halogenated alkanes) is 30. The molecule has 1 saturated heterocycles. The molecule has 0 saturated carbocycles. The van der Waals surface area contributed by atoms with E-state index in [0.717, 1.165) is 38.5 Å². The number of carbonyl (C=O) groups is 1. The van der Waals surface area contributed by atoms with Crippen molar-refractivity contribution in [3.8, 4) is 0 Å². The Balaban J connectivity index is 2.28. The fraction of sp³-hybridized carbons (Fsp3) is 0.978. The fourth-order valence-electron chi connectivity index (χ4n) is 7.87. The van der Waals surface area contributed by atoms with Crippen LogP contribution in [0.5, 0.6) is 0 Å². The highest BCUT2D eigenvalue weighted by Crippen LogP contribution is 2.23. The van der Waals surface area contributed by atoms with Gasteiger partial charge < -0.3 is 40.3 Å². The molecule has 0 aromatic carbocycles. The summed E-state index contributed by atoms with van der Waals surface area (Å²) in [6, 6.07) is -0.711. The van der Waals surface area contributed by atoms with Crippen LogP contribution >= 0.6 is 0 Å². The lowest BCUT2D eigenvalue weighted by Gasteiger charge is -2.40. The van der Waals surface area contributed by atoms with Crippen LogP contribution in [0.25, 0.3) is 0 Å². The first-order valence-electron chi connectivity index (χ1n) is 23.7. The third kappa shape index (κ3) is 28.3. The Morgan fingerprint density at radius 2 is 0.909 bits per heavy atom. The van der Waals surface area contributed by atoms with Crippen LogP contribution in [0.1, 0.15) is 232 Å². The number of hydrogen-bond donors (Lipinski definition) is 6. The maximum absolute atomic E-state index is 12.9. The predicted octanol–water partition coefficient (Wildman–Crippen LogP) is 9.95. The Kier molecular flexibility index (Phi) is 35.6. The number of ether oxygens (including phenoxy) is 2. The van der Waals surface area contributed by atoms with Gasteiger partial charge in [0.05, 0.1) is 25.4 Å². The summed E-state index contributed by atoms with van der Waals surface area (Å²) >= 11 is 0. The van der Waals surface area contributed by atoms with Crippen molar-refractivity contribution in [1.82, 2.24) is 5.32 Å². The largest absolute Gasteiger partial charge is 0.394 e. The lowest BCUT2D eigenvalue weighted by Crippen LogP contribution is -2.60. The Labute approximate surface area is 338 Å². The van der Waals surface area contributed by atoms with E-state index in [9.17, 15) is 30.3 Å². The first-order valence-corrected chi connectivity index (χ1v) is 23.7. The van der Waals surface area contributed by atoms with Gasteiger partial charge in [-0.25, -0.2) is 0 Å². The van der Waals surface area contributed by atoms with Crippen molar-refractivity contribution in [2.75, 3.05) is 13.2 Å². The van der Waals surface area contributed by atoms with Crippen molar-refractivity contribution in [3.05, 3.63) is 0 Å². The van der Waals surface area contributed by atoms with Gasteiger partial charge in [-0.1, -0.05) is 213 Å². The fourth-order valence-corrected chi connectivity index (χ4v) is 7.87. The van der Waals surface area contributed by atoms with Gasteiger partial charge in [-0.2, -0.15) is 0 Å². The first-order chi connectivity index (χ1) is 26.8. The molecule has 0 radical (unpaired) electrons. The Morgan fingerprint density at radius 1 is 0.545 bits per heavy atom. The molecule has 1 heterocycles. The third-order valence-electron chi connectivity index (χ3n) is 11.7. The van der Waals surface area contributed by atoms with E-state index >= 15 is 0 Å². The highest BCUT2D eigenvalue weighted by Gasteiger charge is 2.44. The van der Waals surface area contributed by atoms with Crippen molar-refractivity contribution in [2.45, 2.75) is 275 Å². The number of carbonyl (C=O) groups excluding carboxylic acids is 1. The minimum Gasteiger partial charge on any atom is -0.394 e. The van der Waals surface area contributed by atoms with Crippen LogP contribution in [-0.2, 0) is 14.3 Å². The van der Waals surface area contributed by atoms with Gasteiger partial charge in [-0.15, -0.1) is 0 Å². The Morgan fingerprint density at radius 3 is 1.29 bits per heavy atom. The molecule has 7 unspecified atom stereocenters. The number of aliphatic hydroxyl groups excluding tert-OH is 5. The summed E-state index contributed by atoms with van der Waals surface area (Å²) in [6.07, 6.45) is 34.0. The Hall–Kier alpha value is -0.810. The van der Waals surface area contributed by atoms with E-state index in [1.807, 2.05) is 0 Å². The summed E-state index contributed by atoms with van der Waals surface area (Å²) < 4.78 is 11.3. The number of aliphatic hydroxyl groups is 5. The van der Waals surface area contributed by atoms with Gasteiger partial charge in [0.15, 0.2) is 6.29 Å². The van der Waals surface area contributed by atoms with Gasteiger partial charge in [0.25, 0.3) is 0 Å². The molecular formula is C46H91NO8. The van der Waals surface area contributed by atoms with Crippen LogP contribution in [-0.4, -0.2) is 87.5 Å². The lowest BCUT2D eigenvalue weighted by atomic mass is 9.99. The van der Waals surface area contributed by atoms with Gasteiger partial charge in [-0.05, 0) is 12.8 Å². The molecule has 7 atom stereocenters. The monoisotopic (exact) mass is 786 g/mol. The van der Waals surface area contributed by atoms with Crippen LogP contribution in [0.2, 0.25) is 0 Å². The zero-order chi connectivity index (χ0) is 40.2. The molecule has 6 N–H and O–H groups in total. The number of nitrogens with one attached hydrogen (secondary N) is 1. The quantitative estimate of drug-likeness (QED) is 0.0337. The second-order valence-corrected chi connectivity index (χ2v) is 16.9. The van der Waals surface area contributed by atoms with E-state index in [1.165, 1.54) is 167 Å². The lowest BCUT2D eigenvalue weighted by molar-refractivity contribution is -0.302. The van der Waals surface area contributed by atoms with Crippen LogP contribution in [0.3, 0.4) is 0 Å². The zero-order valence-corrected chi connectivity index (χ0v) is 36.0. The average Bonchev–Trinajstić information content (AvgIpc) is 3.18. The molecule has 1 aliphatic rings. The summed E-state index contributed by atoms with van der Waals surface area (Å²) in [6.45, 7) is 3.85. The molecule has 0 aromatic heterocycles. The van der Waals surface area contributed by atoms with Gasteiger partial charge in [0.1, 0.15) is 24.4 Å². The first kappa shape index (κ1) is 52.2. The maximum Gasteiger partial charge on any atom is 0.220 e. The molecule has 9 nitrogen and oxygen atoms in total. The highest BCUT2D eigenvalue weighted by molar-refractivity contribution is 5.76. The molecule has 9 heteroatoms. The zero-order valence-electron chi connectivity index (χ0n) is 36.0. The summed E-state index contributed by atoms with van der Waals surface area (Å²) in [4.78, 5) is 12.9. The van der Waals surface area contributed by atoms with Gasteiger partial charge in [-0.3, -0.25) is 4.79 Å². The van der Waals surface area contributed by atoms with E-state index in [-0.39, 0.29) is 12.5 Å². The molecule has 328 valence electrons. The van der Waals surface area contributed by atoms with E-state index in [2.05, 4.69) is 19.2 Å². The maximum atomic E-state index is 12.9. The van der Waals surface area contributed by atoms with Gasteiger partial charge in [0.2, 0.25) is 5.91 Å². The molecule has 1 fully saturated rings. The normalized spacial score (nSPS) is 21.2. The van der Waals surface area contributed by atoms with Crippen LogP contribution in [0.15, 0.2) is 0 Å². The molecule has 0 spiro atoms. The minimum absolute atomic E-state index is 0.132. The molecule has 55 heavy (non-hydrogen) atoms. The van der Waals surface area contributed by atoms with Crippen molar-refractivity contribution < 1.29 is 39.8 Å². The predicted molar refractivity (Wildman–Crippen MR) is 226 cm³/mol. The van der Waals surface area contributed by atoms with E-state index in [0.29, 0.717) is 12.8 Å². The van der Waals surface area contributed by atoms with E-state index < -0.39 is 49.5 Å². The molecule has 1 rings (SSSR count). The van der Waals surface area contributed by atoms with Crippen molar-refractivity contribution >= 4 is 5.91 Å². The van der Waals surface area contributed by atoms with Crippen molar-refractivity contribution in [1.29, 1.82) is 0 Å². The molecule has 0 aromatic rings. The van der Waals surface area contributed by atoms with Crippen molar-refractivity contribution in [3.63, 3.8) is 0 Å². The number of hydrogen-bond acceptors (Lipinski definition) is 8. The summed E-state index contributed by atoms with van der Waals surface area (Å²) in [5.41, 5.74) is 0. The molecule has 1 aliphatic heterocycles. The second kappa shape index (κ2) is 37.5. The average molecular weight is 786 g/mol. The second-order valence-electron chi connectivity index (χ2n) is 16.9. The molecule has 1 amide bonds. The van der Waals surface area contributed by atoms with Crippen LogP contribution in [0, 0.1) is 0 Å². The van der Waals surface area contributed by atoms with Crippen LogP contribution < -0.4 is 5.32 Å². The van der Waals surface area contributed by atoms with Crippen LogP contribution in [0.4, 0.5) is 0 Å². The summed E-state index contributed by atoms with van der Waals surface area (Å²) in [5, 5.41) is 54.3. The van der Waals surface area contributed by atoms with Gasteiger partial charge in [0, 0.05) is 6.42 Å².